The Hall–Kier alpha value is -3.00. The molecule has 8 nitrogen and oxygen atoms in total. The second kappa shape index (κ2) is 6.56. The Kier molecular flexibility index (Phi) is 4.01. The highest BCUT2D eigenvalue weighted by Gasteiger charge is 2.31. The van der Waals surface area contributed by atoms with Gasteiger partial charge in [-0.1, -0.05) is 6.92 Å². The van der Waals surface area contributed by atoms with Crippen LogP contribution in [-0.4, -0.2) is 46.3 Å². The molecule has 0 aromatic carbocycles. The van der Waals surface area contributed by atoms with E-state index in [2.05, 4.69) is 30.4 Å². The molecule has 4 aromatic heterocycles. The molecular formula is C20H23N7O. The molecule has 0 unspecified atom stereocenters. The number of anilines is 1. The summed E-state index contributed by atoms with van der Waals surface area (Å²) in [7, 11) is 0. The number of fused-ring (bicyclic) bond motifs is 2. The van der Waals surface area contributed by atoms with Crippen molar-refractivity contribution in [2.45, 2.75) is 50.7 Å². The summed E-state index contributed by atoms with van der Waals surface area (Å²) >= 11 is 0. The van der Waals surface area contributed by atoms with Crippen molar-refractivity contribution < 1.29 is 5.11 Å². The molecule has 0 bridgehead atoms. The van der Waals surface area contributed by atoms with Crippen molar-refractivity contribution in [3.05, 3.63) is 36.9 Å². The number of nitrogens with one attached hydrogen (secondary N) is 2. The van der Waals surface area contributed by atoms with Gasteiger partial charge in [0.15, 0.2) is 5.65 Å². The molecular weight excluding hydrogens is 354 g/mol. The van der Waals surface area contributed by atoms with Crippen molar-refractivity contribution >= 4 is 22.6 Å². The van der Waals surface area contributed by atoms with E-state index in [1.807, 2.05) is 37.6 Å². The minimum atomic E-state index is -0.499. The first kappa shape index (κ1) is 17.1. The third-order valence-electron chi connectivity index (χ3n) is 5.87. The van der Waals surface area contributed by atoms with Gasteiger partial charge in [-0.3, -0.25) is 0 Å². The lowest BCUT2D eigenvalue weighted by molar-refractivity contribution is -0.00197. The molecule has 3 N–H and O–H groups in total. The van der Waals surface area contributed by atoms with Crippen LogP contribution >= 0.6 is 0 Å². The van der Waals surface area contributed by atoms with Gasteiger partial charge in [0, 0.05) is 41.8 Å². The number of nitrogens with zero attached hydrogens (tertiary/aromatic N) is 5. The zero-order chi connectivity index (χ0) is 19.1. The van der Waals surface area contributed by atoms with E-state index < -0.39 is 5.60 Å². The average molecular weight is 377 g/mol. The predicted octanol–water partition coefficient (Wildman–Crippen LogP) is 3.16. The molecule has 1 saturated carbocycles. The summed E-state index contributed by atoms with van der Waals surface area (Å²) in [5.41, 5.74) is 2.89. The largest absolute Gasteiger partial charge is 0.390 e. The van der Waals surface area contributed by atoms with Gasteiger partial charge in [0.1, 0.15) is 5.65 Å². The van der Waals surface area contributed by atoms with E-state index in [4.69, 9.17) is 0 Å². The van der Waals surface area contributed by atoms with Crippen LogP contribution in [0.3, 0.4) is 0 Å². The minimum Gasteiger partial charge on any atom is -0.390 e. The molecule has 1 aliphatic rings. The molecule has 1 aliphatic carbocycles. The Bertz CT molecular complexity index is 1120. The molecule has 0 radical (unpaired) electrons. The molecule has 28 heavy (non-hydrogen) atoms. The first-order valence-electron chi connectivity index (χ1n) is 9.77. The van der Waals surface area contributed by atoms with Crippen LogP contribution in [0.25, 0.3) is 27.9 Å². The Morgan fingerprint density at radius 3 is 2.96 bits per heavy atom. The van der Waals surface area contributed by atoms with Crippen molar-refractivity contribution in [2.75, 3.05) is 5.32 Å². The zero-order valence-electron chi connectivity index (χ0n) is 15.8. The van der Waals surface area contributed by atoms with Crippen molar-refractivity contribution in [3.63, 3.8) is 0 Å². The summed E-state index contributed by atoms with van der Waals surface area (Å²) in [6.07, 6.45) is 11.6. The third kappa shape index (κ3) is 2.99. The lowest BCUT2D eigenvalue weighted by Gasteiger charge is -2.35. The van der Waals surface area contributed by atoms with Crippen molar-refractivity contribution in [3.8, 4) is 11.3 Å². The molecule has 0 saturated heterocycles. The van der Waals surface area contributed by atoms with E-state index in [0.717, 1.165) is 60.0 Å². The fourth-order valence-corrected chi connectivity index (χ4v) is 3.98. The molecule has 144 valence electrons. The van der Waals surface area contributed by atoms with Crippen LogP contribution in [-0.2, 0) is 0 Å². The average Bonchev–Trinajstić information content (AvgIpc) is 3.35. The SMILES string of the molecule is CCC1(O)CCC(Nc2ncc3c(-c4ccc5nccn5n4)c[nH]c3n2)CC1. The Morgan fingerprint density at radius 1 is 1.29 bits per heavy atom. The summed E-state index contributed by atoms with van der Waals surface area (Å²) in [4.78, 5) is 16.6. The maximum absolute atomic E-state index is 10.4. The normalized spacial score (nSPS) is 22.7. The number of aliphatic hydroxyl groups is 1. The number of aromatic amines is 1. The summed E-state index contributed by atoms with van der Waals surface area (Å²) in [6.45, 7) is 2.05. The van der Waals surface area contributed by atoms with E-state index in [9.17, 15) is 5.11 Å². The number of aromatic nitrogens is 6. The van der Waals surface area contributed by atoms with Crippen LogP contribution in [0, 0.1) is 0 Å². The molecule has 0 amide bonds. The smallest absolute Gasteiger partial charge is 0.224 e. The molecule has 8 heteroatoms. The maximum atomic E-state index is 10.4. The lowest BCUT2D eigenvalue weighted by Crippen LogP contribution is -2.38. The second-order valence-corrected chi connectivity index (χ2v) is 7.60. The van der Waals surface area contributed by atoms with Crippen LogP contribution in [0.1, 0.15) is 39.0 Å². The van der Waals surface area contributed by atoms with Crippen LogP contribution in [0.4, 0.5) is 5.95 Å². The van der Waals surface area contributed by atoms with E-state index >= 15 is 0 Å². The number of hydrogen-bond donors (Lipinski definition) is 3. The molecule has 4 heterocycles. The highest BCUT2D eigenvalue weighted by Crippen LogP contribution is 2.32. The van der Waals surface area contributed by atoms with Gasteiger partial charge in [-0.25, -0.2) is 14.5 Å². The van der Waals surface area contributed by atoms with Gasteiger partial charge in [-0.05, 0) is 44.2 Å². The second-order valence-electron chi connectivity index (χ2n) is 7.60. The Morgan fingerprint density at radius 2 is 2.14 bits per heavy atom. The zero-order valence-corrected chi connectivity index (χ0v) is 15.8. The highest BCUT2D eigenvalue weighted by molar-refractivity contribution is 5.92. The molecule has 5 rings (SSSR count). The maximum Gasteiger partial charge on any atom is 0.224 e. The van der Waals surface area contributed by atoms with Crippen molar-refractivity contribution in [2.24, 2.45) is 0 Å². The minimum absolute atomic E-state index is 0.295. The number of H-pyrrole nitrogens is 1. The van der Waals surface area contributed by atoms with Gasteiger partial charge >= 0.3 is 0 Å². The standard InChI is InChI=1S/C20H23N7O/c1-2-20(28)7-5-13(6-8-20)24-19-23-12-15-14(11-22-18(15)25-19)16-3-4-17-21-9-10-27(17)26-16/h3-4,9-13,28H,2,5-8H2,1H3,(H2,22,23,24,25). The van der Waals surface area contributed by atoms with Gasteiger partial charge in [-0.2, -0.15) is 10.1 Å². The van der Waals surface area contributed by atoms with Crippen LogP contribution in [0.5, 0.6) is 0 Å². The predicted molar refractivity (Wildman–Crippen MR) is 107 cm³/mol. The summed E-state index contributed by atoms with van der Waals surface area (Å²) in [5, 5.41) is 19.4. The van der Waals surface area contributed by atoms with Crippen LogP contribution in [0.15, 0.2) is 36.9 Å². The topological polar surface area (TPSA) is 104 Å². The third-order valence-corrected chi connectivity index (χ3v) is 5.87. The van der Waals surface area contributed by atoms with Crippen molar-refractivity contribution in [1.29, 1.82) is 0 Å². The van der Waals surface area contributed by atoms with E-state index in [1.165, 1.54) is 0 Å². The first-order chi connectivity index (χ1) is 13.6. The fourth-order valence-electron chi connectivity index (χ4n) is 3.98. The van der Waals surface area contributed by atoms with Gasteiger partial charge in [0.2, 0.25) is 5.95 Å². The summed E-state index contributed by atoms with van der Waals surface area (Å²) < 4.78 is 1.76. The van der Waals surface area contributed by atoms with Gasteiger partial charge in [0.25, 0.3) is 0 Å². The number of hydrogen-bond acceptors (Lipinski definition) is 6. The van der Waals surface area contributed by atoms with Gasteiger partial charge in [0.05, 0.1) is 11.3 Å². The van der Waals surface area contributed by atoms with E-state index in [1.54, 1.807) is 10.7 Å². The molecule has 1 fully saturated rings. The van der Waals surface area contributed by atoms with Crippen LogP contribution < -0.4 is 5.32 Å². The number of imidazole rings is 1. The van der Waals surface area contributed by atoms with Gasteiger partial charge < -0.3 is 15.4 Å². The Balaban J connectivity index is 1.38. The molecule has 0 atom stereocenters. The quantitative estimate of drug-likeness (QED) is 0.505. The number of rotatable bonds is 4. The highest BCUT2D eigenvalue weighted by atomic mass is 16.3. The molecule has 0 spiro atoms. The Labute approximate surface area is 162 Å². The summed E-state index contributed by atoms with van der Waals surface area (Å²) in [5.74, 6) is 0.617. The fraction of sp³-hybridized carbons (Fsp3) is 0.400. The summed E-state index contributed by atoms with van der Waals surface area (Å²) in [6, 6.07) is 4.19. The first-order valence-corrected chi connectivity index (χ1v) is 9.77. The lowest BCUT2D eigenvalue weighted by atomic mass is 9.80. The van der Waals surface area contributed by atoms with E-state index in [-0.39, 0.29) is 0 Å². The molecule has 0 aliphatic heterocycles. The van der Waals surface area contributed by atoms with Gasteiger partial charge in [-0.15, -0.1) is 0 Å². The van der Waals surface area contributed by atoms with Crippen molar-refractivity contribution in [1.82, 2.24) is 29.5 Å². The van der Waals surface area contributed by atoms with Crippen LogP contribution in [0.2, 0.25) is 0 Å². The molecule has 4 aromatic rings. The monoisotopic (exact) mass is 377 g/mol. The van der Waals surface area contributed by atoms with E-state index in [0.29, 0.717) is 12.0 Å².